The monoisotopic (exact) mass is 283 g/mol. The van der Waals surface area contributed by atoms with Crippen LogP contribution in [0.1, 0.15) is 6.92 Å². The minimum Gasteiger partial charge on any atom is -0.408 e. The maximum Gasteiger partial charge on any atom is 0.419 e. The zero-order valence-electron chi connectivity index (χ0n) is 11.0. The van der Waals surface area contributed by atoms with E-state index in [0.29, 0.717) is 11.6 Å². The van der Waals surface area contributed by atoms with Gasteiger partial charge in [-0.25, -0.2) is 4.79 Å². The van der Waals surface area contributed by atoms with Gasteiger partial charge in [0.1, 0.15) is 0 Å². The molecule has 3 rings (SSSR count). The Bertz CT molecular complexity index is 634. The van der Waals surface area contributed by atoms with Crippen molar-refractivity contribution < 1.29 is 4.42 Å². The van der Waals surface area contributed by atoms with E-state index in [0.717, 1.165) is 30.8 Å². The second kappa shape index (κ2) is 5.27. The third-order valence-electron chi connectivity index (χ3n) is 3.51. The molecular weight excluding hydrogens is 266 g/mol. The van der Waals surface area contributed by atoms with Crippen molar-refractivity contribution in [2.45, 2.75) is 13.0 Å². The lowest BCUT2D eigenvalue weighted by atomic mass is 10.2. The van der Waals surface area contributed by atoms with Gasteiger partial charge in [0, 0.05) is 44.5 Å². The smallest absolute Gasteiger partial charge is 0.408 e. The van der Waals surface area contributed by atoms with Gasteiger partial charge in [-0.3, -0.25) is 4.57 Å². The van der Waals surface area contributed by atoms with Crippen LogP contribution >= 0.6 is 12.4 Å². The molecular formula is C13H18ClN3O2. The van der Waals surface area contributed by atoms with Crippen molar-refractivity contribution in [1.82, 2.24) is 9.88 Å². The highest BCUT2D eigenvalue weighted by Gasteiger charge is 2.17. The number of aromatic nitrogens is 1. The van der Waals surface area contributed by atoms with Crippen LogP contribution in [0, 0.1) is 0 Å². The third kappa shape index (κ3) is 2.48. The van der Waals surface area contributed by atoms with Gasteiger partial charge < -0.3 is 14.6 Å². The molecule has 19 heavy (non-hydrogen) atoms. The van der Waals surface area contributed by atoms with Crippen LogP contribution in [0.4, 0.5) is 5.69 Å². The first-order valence-electron chi connectivity index (χ1n) is 6.23. The molecule has 1 atom stereocenters. The predicted octanol–water partition coefficient (Wildman–Crippen LogP) is 1.35. The van der Waals surface area contributed by atoms with Gasteiger partial charge in [0.25, 0.3) is 0 Å². The second-order valence-corrected chi connectivity index (χ2v) is 4.88. The summed E-state index contributed by atoms with van der Waals surface area (Å²) >= 11 is 0. The Morgan fingerprint density at radius 3 is 2.95 bits per heavy atom. The van der Waals surface area contributed by atoms with E-state index in [-0.39, 0.29) is 18.2 Å². The van der Waals surface area contributed by atoms with Crippen molar-refractivity contribution in [2.24, 2.45) is 7.05 Å². The highest BCUT2D eigenvalue weighted by Crippen LogP contribution is 2.22. The number of hydrogen-bond acceptors (Lipinski definition) is 4. The first-order chi connectivity index (χ1) is 8.65. The van der Waals surface area contributed by atoms with E-state index in [4.69, 9.17) is 4.42 Å². The molecule has 1 aliphatic rings. The van der Waals surface area contributed by atoms with Gasteiger partial charge in [-0.1, -0.05) is 0 Å². The Labute approximate surface area is 117 Å². The highest BCUT2D eigenvalue weighted by atomic mass is 35.5. The van der Waals surface area contributed by atoms with Gasteiger partial charge in [0.2, 0.25) is 0 Å². The SMILES string of the molecule is C[C@H]1CN(c2ccc3c(c2)oc(=O)n3C)CCN1.Cl. The van der Waals surface area contributed by atoms with Gasteiger partial charge >= 0.3 is 5.76 Å². The van der Waals surface area contributed by atoms with E-state index in [9.17, 15) is 4.79 Å². The molecule has 0 amide bonds. The lowest BCUT2D eigenvalue weighted by molar-refractivity contribution is 0.484. The molecule has 1 fully saturated rings. The molecule has 0 radical (unpaired) electrons. The summed E-state index contributed by atoms with van der Waals surface area (Å²) < 4.78 is 6.75. The lowest BCUT2D eigenvalue weighted by Crippen LogP contribution is -2.49. The largest absolute Gasteiger partial charge is 0.419 e. The zero-order valence-corrected chi connectivity index (χ0v) is 11.9. The van der Waals surface area contributed by atoms with Crippen molar-refractivity contribution in [2.75, 3.05) is 24.5 Å². The summed E-state index contributed by atoms with van der Waals surface area (Å²) in [5, 5.41) is 3.41. The first-order valence-corrected chi connectivity index (χ1v) is 6.23. The van der Waals surface area contributed by atoms with Gasteiger partial charge in [0.05, 0.1) is 5.52 Å². The number of anilines is 1. The quantitative estimate of drug-likeness (QED) is 0.858. The molecule has 1 aromatic heterocycles. The number of oxazole rings is 1. The minimum absolute atomic E-state index is 0. The topological polar surface area (TPSA) is 50.4 Å². The molecule has 104 valence electrons. The average molecular weight is 284 g/mol. The third-order valence-corrected chi connectivity index (χ3v) is 3.51. The average Bonchev–Trinajstić information content (AvgIpc) is 2.65. The van der Waals surface area contributed by atoms with Gasteiger partial charge in [-0.2, -0.15) is 0 Å². The van der Waals surface area contributed by atoms with Crippen LogP contribution in [-0.2, 0) is 7.05 Å². The number of aryl methyl sites for hydroxylation is 1. The summed E-state index contributed by atoms with van der Waals surface area (Å²) in [6.45, 7) is 5.11. The van der Waals surface area contributed by atoms with Crippen molar-refractivity contribution in [1.29, 1.82) is 0 Å². The first kappa shape index (κ1) is 14.0. The molecule has 0 spiro atoms. The van der Waals surface area contributed by atoms with Gasteiger partial charge in [-0.05, 0) is 19.1 Å². The predicted molar refractivity (Wildman–Crippen MR) is 78.4 cm³/mol. The van der Waals surface area contributed by atoms with Crippen LogP contribution in [0.3, 0.4) is 0 Å². The normalized spacial score (nSPS) is 19.5. The molecule has 1 aromatic carbocycles. The van der Waals surface area contributed by atoms with Crippen LogP contribution in [0.5, 0.6) is 0 Å². The molecule has 2 heterocycles. The number of hydrogen-bond donors (Lipinski definition) is 1. The van der Waals surface area contributed by atoms with E-state index in [1.165, 1.54) is 4.57 Å². The molecule has 1 N–H and O–H groups in total. The van der Waals surface area contributed by atoms with E-state index >= 15 is 0 Å². The van der Waals surface area contributed by atoms with Crippen molar-refractivity contribution >= 4 is 29.2 Å². The van der Waals surface area contributed by atoms with E-state index in [1.807, 2.05) is 12.1 Å². The Kier molecular flexibility index (Phi) is 3.87. The molecule has 0 saturated carbocycles. The van der Waals surface area contributed by atoms with Crippen LogP contribution in [0.25, 0.3) is 11.1 Å². The Balaban J connectivity index is 0.00000133. The lowest BCUT2D eigenvalue weighted by Gasteiger charge is -2.33. The maximum absolute atomic E-state index is 11.5. The van der Waals surface area contributed by atoms with E-state index < -0.39 is 0 Å². The van der Waals surface area contributed by atoms with Crippen LogP contribution < -0.4 is 16.0 Å². The Morgan fingerprint density at radius 2 is 2.21 bits per heavy atom. The van der Waals surface area contributed by atoms with E-state index in [1.54, 1.807) is 7.05 Å². The fraction of sp³-hybridized carbons (Fsp3) is 0.462. The minimum atomic E-state index is -0.309. The summed E-state index contributed by atoms with van der Waals surface area (Å²) in [7, 11) is 1.72. The number of piperazine rings is 1. The zero-order chi connectivity index (χ0) is 12.7. The molecule has 0 unspecified atom stereocenters. The maximum atomic E-state index is 11.5. The Hall–Kier alpha value is -1.46. The summed E-state index contributed by atoms with van der Waals surface area (Å²) in [4.78, 5) is 13.8. The number of nitrogens with zero attached hydrogens (tertiary/aromatic N) is 2. The van der Waals surface area contributed by atoms with Crippen LogP contribution in [-0.4, -0.2) is 30.2 Å². The summed E-state index contributed by atoms with van der Waals surface area (Å²) in [5.41, 5.74) is 2.61. The summed E-state index contributed by atoms with van der Waals surface area (Å²) in [6, 6.07) is 6.43. The van der Waals surface area contributed by atoms with Gasteiger partial charge in [-0.15, -0.1) is 12.4 Å². The highest BCUT2D eigenvalue weighted by molar-refractivity contribution is 5.85. The van der Waals surface area contributed by atoms with Gasteiger partial charge in [0.15, 0.2) is 5.58 Å². The standard InChI is InChI=1S/C13H17N3O2.ClH/c1-9-8-16(6-5-14-9)10-3-4-11-12(7-10)18-13(17)15(11)2;/h3-4,7,9,14H,5-6,8H2,1-2H3;1H/t9-;/m0./s1. The van der Waals surface area contributed by atoms with E-state index in [2.05, 4.69) is 23.2 Å². The number of nitrogens with one attached hydrogen (secondary N) is 1. The number of halogens is 1. The molecule has 1 aliphatic heterocycles. The molecule has 1 saturated heterocycles. The van der Waals surface area contributed by atoms with Crippen molar-refractivity contribution in [3.05, 3.63) is 28.7 Å². The van der Waals surface area contributed by atoms with Crippen LogP contribution in [0.15, 0.2) is 27.4 Å². The number of benzene rings is 1. The second-order valence-electron chi connectivity index (χ2n) is 4.88. The summed E-state index contributed by atoms with van der Waals surface area (Å²) in [6.07, 6.45) is 0. The molecule has 6 heteroatoms. The van der Waals surface area contributed by atoms with Crippen LogP contribution in [0.2, 0.25) is 0 Å². The fourth-order valence-electron chi connectivity index (χ4n) is 2.49. The fourth-order valence-corrected chi connectivity index (χ4v) is 2.49. The molecule has 0 aliphatic carbocycles. The summed E-state index contributed by atoms with van der Waals surface area (Å²) in [5.74, 6) is -0.309. The number of fused-ring (bicyclic) bond motifs is 1. The van der Waals surface area contributed by atoms with Crippen molar-refractivity contribution in [3.63, 3.8) is 0 Å². The van der Waals surface area contributed by atoms with Crippen molar-refractivity contribution in [3.8, 4) is 0 Å². The Morgan fingerprint density at radius 1 is 1.42 bits per heavy atom. The molecule has 5 nitrogen and oxygen atoms in total. The molecule has 0 bridgehead atoms. The molecule has 2 aromatic rings. The number of rotatable bonds is 1.